The van der Waals surface area contributed by atoms with Crippen LogP contribution in [-0.2, 0) is 9.53 Å². The summed E-state index contributed by atoms with van der Waals surface area (Å²) < 4.78 is 5.09. The Labute approximate surface area is 205 Å². The summed E-state index contributed by atoms with van der Waals surface area (Å²) in [6, 6.07) is 4.23. The molecular formula is C30H40O4. The molecule has 0 aliphatic heterocycles. The van der Waals surface area contributed by atoms with Gasteiger partial charge in [-0.15, -0.1) is 0 Å². The van der Waals surface area contributed by atoms with E-state index in [-0.39, 0.29) is 18.1 Å². The van der Waals surface area contributed by atoms with Gasteiger partial charge < -0.3 is 14.9 Å². The van der Waals surface area contributed by atoms with Crippen molar-refractivity contribution in [2.24, 2.45) is 0 Å². The summed E-state index contributed by atoms with van der Waals surface area (Å²) in [5.41, 5.74) is 0.760. The number of phenolic OH excluding ortho intramolecular Hbond substituents is 2. The Hall–Kier alpha value is -3.27. The molecule has 0 aliphatic rings. The van der Waals surface area contributed by atoms with Crippen LogP contribution in [0.5, 0.6) is 11.5 Å². The van der Waals surface area contributed by atoms with Crippen LogP contribution in [0.2, 0.25) is 0 Å². The first-order valence-corrected chi connectivity index (χ1v) is 12.3. The number of unbranched alkanes of at least 4 members (excludes halogenated alkanes) is 7. The normalized spacial score (nSPS) is 12.8. The van der Waals surface area contributed by atoms with Gasteiger partial charge in [-0.3, -0.25) is 0 Å². The van der Waals surface area contributed by atoms with Crippen molar-refractivity contribution in [2.75, 3.05) is 6.61 Å². The molecule has 0 atom stereocenters. The first kappa shape index (κ1) is 28.8. The molecule has 0 radical (unpaired) electrons. The van der Waals surface area contributed by atoms with E-state index >= 15 is 0 Å². The number of benzene rings is 1. The summed E-state index contributed by atoms with van der Waals surface area (Å²) in [6.07, 6.45) is 31.6. The van der Waals surface area contributed by atoms with Crippen LogP contribution < -0.4 is 0 Å². The lowest BCUT2D eigenvalue weighted by Crippen LogP contribution is -2.06. The number of ether oxygens (including phenoxy) is 1. The zero-order valence-electron chi connectivity index (χ0n) is 20.7. The summed E-state index contributed by atoms with van der Waals surface area (Å²) in [5.74, 6) is -1.02. The Morgan fingerprint density at radius 3 is 1.97 bits per heavy atom. The van der Waals surface area contributed by atoms with Crippen molar-refractivity contribution in [1.82, 2.24) is 0 Å². The van der Waals surface area contributed by atoms with E-state index in [0.29, 0.717) is 11.1 Å². The standard InChI is InChI=1S/C30H40O4/c1-3-5-6-7-8-9-10-11-12-13-14-15-16-17-18-19-20-21-22-27(30(33)34-4-2)26-23-24-28(31)29(32)25-26/h12-25,31-32H,3-11H2,1-2H3. The van der Waals surface area contributed by atoms with Gasteiger partial charge in [-0.2, -0.15) is 0 Å². The minimum atomic E-state index is -0.494. The van der Waals surface area contributed by atoms with Gasteiger partial charge in [0.05, 0.1) is 12.2 Å². The van der Waals surface area contributed by atoms with E-state index in [0.717, 1.165) is 6.42 Å². The second kappa shape index (κ2) is 19.2. The highest BCUT2D eigenvalue weighted by Gasteiger charge is 2.14. The lowest BCUT2D eigenvalue weighted by atomic mass is 10.0. The molecule has 1 aromatic carbocycles. The van der Waals surface area contributed by atoms with E-state index in [2.05, 4.69) is 19.1 Å². The van der Waals surface area contributed by atoms with E-state index in [9.17, 15) is 15.0 Å². The van der Waals surface area contributed by atoms with Gasteiger partial charge in [-0.1, -0.05) is 112 Å². The van der Waals surface area contributed by atoms with Crippen LogP contribution in [0.3, 0.4) is 0 Å². The molecule has 0 saturated carbocycles. The van der Waals surface area contributed by atoms with Crippen LogP contribution in [0.4, 0.5) is 0 Å². The average molecular weight is 465 g/mol. The summed E-state index contributed by atoms with van der Waals surface area (Å²) in [6.45, 7) is 4.23. The van der Waals surface area contributed by atoms with Gasteiger partial charge in [-0.05, 0) is 43.5 Å². The van der Waals surface area contributed by atoms with E-state index in [1.807, 2.05) is 36.5 Å². The lowest BCUT2D eigenvalue weighted by molar-refractivity contribution is -0.136. The summed E-state index contributed by atoms with van der Waals surface area (Å²) in [5, 5.41) is 19.2. The van der Waals surface area contributed by atoms with Crippen molar-refractivity contribution in [3.8, 4) is 11.5 Å². The Morgan fingerprint density at radius 2 is 1.35 bits per heavy atom. The Balaban J connectivity index is 2.43. The highest BCUT2D eigenvalue weighted by Crippen LogP contribution is 2.28. The molecule has 34 heavy (non-hydrogen) atoms. The Kier molecular flexibility index (Phi) is 16.3. The molecular weight excluding hydrogens is 424 g/mol. The summed E-state index contributed by atoms with van der Waals surface area (Å²) in [4.78, 5) is 12.2. The lowest BCUT2D eigenvalue weighted by Gasteiger charge is -2.07. The fourth-order valence-electron chi connectivity index (χ4n) is 3.18. The van der Waals surface area contributed by atoms with Gasteiger partial charge >= 0.3 is 5.97 Å². The predicted octanol–water partition coefficient (Wildman–Crippen LogP) is 7.97. The number of phenols is 2. The molecule has 1 aromatic rings. The highest BCUT2D eigenvalue weighted by molar-refractivity contribution is 6.17. The molecule has 0 saturated heterocycles. The van der Waals surface area contributed by atoms with Crippen molar-refractivity contribution in [3.05, 3.63) is 90.6 Å². The smallest absolute Gasteiger partial charge is 0.338 e. The third-order valence-electron chi connectivity index (χ3n) is 5.04. The van der Waals surface area contributed by atoms with E-state index in [1.165, 1.54) is 57.1 Å². The SMILES string of the molecule is CCCCCCCCCC=CC=CC=CC=CC=CC=C(C(=O)OCC)c1ccc(O)c(O)c1. The number of hydrogen-bond donors (Lipinski definition) is 2. The largest absolute Gasteiger partial charge is 0.504 e. The molecule has 4 nitrogen and oxygen atoms in total. The molecule has 0 unspecified atom stereocenters. The van der Waals surface area contributed by atoms with Gasteiger partial charge in [0.2, 0.25) is 0 Å². The molecule has 0 fully saturated rings. The maximum Gasteiger partial charge on any atom is 0.338 e. The molecule has 0 heterocycles. The highest BCUT2D eigenvalue weighted by atomic mass is 16.5. The zero-order valence-corrected chi connectivity index (χ0v) is 20.7. The third kappa shape index (κ3) is 13.3. The maximum absolute atomic E-state index is 12.2. The number of hydrogen-bond acceptors (Lipinski definition) is 4. The van der Waals surface area contributed by atoms with Gasteiger partial charge in [0.25, 0.3) is 0 Å². The molecule has 0 aliphatic carbocycles. The number of esters is 1. The fourth-order valence-corrected chi connectivity index (χ4v) is 3.18. The summed E-state index contributed by atoms with van der Waals surface area (Å²) >= 11 is 0. The van der Waals surface area contributed by atoms with Crippen LogP contribution in [0.1, 0.15) is 70.8 Å². The molecule has 2 N–H and O–H groups in total. The number of rotatable bonds is 16. The molecule has 184 valence electrons. The van der Waals surface area contributed by atoms with Crippen LogP contribution in [-0.4, -0.2) is 22.8 Å². The van der Waals surface area contributed by atoms with Crippen molar-refractivity contribution >= 4 is 11.5 Å². The van der Waals surface area contributed by atoms with Gasteiger partial charge in [0.15, 0.2) is 11.5 Å². The molecule has 0 bridgehead atoms. The first-order chi connectivity index (χ1) is 16.6. The molecule has 4 heteroatoms. The topological polar surface area (TPSA) is 66.8 Å². The molecule has 0 aromatic heterocycles. The average Bonchev–Trinajstić information content (AvgIpc) is 2.82. The minimum Gasteiger partial charge on any atom is -0.504 e. The quantitative estimate of drug-likeness (QED) is 0.0856. The number of allylic oxidation sites excluding steroid dienone is 11. The van der Waals surface area contributed by atoms with Gasteiger partial charge in [-0.25, -0.2) is 4.79 Å². The monoisotopic (exact) mass is 464 g/mol. The van der Waals surface area contributed by atoms with Crippen molar-refractivity contribution in [1.29, 1.82) is 0 Å². The van der Waals surface area contributed by atoms with E-state index in [4.69, 9.17) is 4.74 Å². The van der Waals surface area contributed by atoms with Gasteiger partial charge in [0, 0.05) is 0 Å². The second-order valence-electron chi connectivity index (χ2n) is 7.88. The van der Waals surface area contributed by atoms with Crippen LogP contribution in [0, 0.1) is 0 Å². The maximum atomic E-state index is 12.2. The molecule has 1 rings (SSSR count). The number of carbonyl (C=O) groups excluding carboxylic acids is 1. The molecule has 0 spiro atoms. The predicted molar refractivity (Wildman–Crippen MR) is 143 cm³/mol. The van der Waals surface area contributed by atoms with Crippen molar-refractivity contribution in [3.63, 3.8) is 0 Å². The number of aromatic hydroxyl groups is 2. The first-order valence-electron chi connectivity index (χ1n) is 12.3. The Bertz CT molecular complexity index is 885. The fraction of sp³-hybridized carbons (Fsp3) is 0.367. The summed E-state index contributed by atoms with van der Waals surface area (Å²) in [7, 11) is 0. The van der Waals surface area contributed by atoms with E-state index in [1.54, 1.807) is 31.2 Å². The Morgan fingerprint density at radius 1 is 0.765 bits per heavy atom. The van der Waals surface area contributed by atoms with E-state index < -0.39 is 5.97 Å². The van der Waals surface area contributed by atoms with Crippen LogP contribution in [0.25, 0.3) is 5.57 Å². The van der Waals surface area contributed by atoms with Crippen LogP contribution in [0.15, 0.2) is 85.0 Å². The number of carbonyl (C=O) groups is 1. The van der Waals surface area contributed by atoms with Crippen LogP contribution >= 0.6 is 0 Å². The van der Waals surface area contributed by atoms with Crippen molar-refractivity contribution in [2.45, 2.75) is 65.2 Å². The van der Waals surface area contributed by atoms with Gasteiger partial charge in [0.1, 0.15) is 0 Å². The molecule has 0 amide bonds. The second-order valence-corrected chi connectivity index (χ2v) is 7.88. The minimum absolute atomic E-state index is 0.241. The third-order valence-corrected chi connectivity index (χ3v) is 5.04. The van der Waals surface area contributed by atoms with Crippen molar-refractivity contribution < 1.29 is 19.7 Å². The zero-order chi connectivity index (χ0) is 24.9.